The molecule has 6 nitrogen and oxygen atoms in total. The minimum absolute atomic E-state index is 0.127. The molecule has 0 radical (unpaired) electrons. The highest BCUT2D eigenvalue weighted by Crippen LogP contribution is 2.24. The number of anilines is 1. The van der Waals surface area contributed by atoms with Crippen molar-refractivity contribution in [1.82, 2.24) is 15.3 Å². The van der Waals surface area contributed by atoms with Crippen LogP contribution in [0.4, 0.5) is 5.95 Å². The molecule has 1 aliphatic heterocycles. The Labute approximate surface area is 125 Å². The van der Waals surface area contributed by atoms with Gasteiger partial charge in [-0.2, -0.15) is 0 Å². The van der Waals surface area contributed by atoms with E-state index in [2.05, 4.69) is 20.2 Å². The van der Waals surface area contributed by atoms with Crippen molar-refractivity contribution >= 4 is 5.95 Å². The summed E-state index contributed by atoms with van der Waals surface area (Å²) < 4.78 is 5.33. The van der Waals surface area contributed by atoms with Crippen LogP contribution in [0.2, 0.25) is 0 Å². The van der Waals surface area contributed by atoms with Crippen molar-refractivity contribution in [1.29, 1.82) is 0 Å². The van der Waals surface area contributed by atoms with Gasteiger partial charge in [0.05, 0.1) is 19.3 Å². The highest BCUT2D eigenvalue weighted by Gasteiger charge is 2.24. The average Bonchev–Trinajstić information content (AvgIpc) is 2.94. The number of ether oxygens (including phenoxy) is 1. The van der Waals surface area contributed by atoms with Gasteiger partial charge < -0.3 is 20.1 Å². The first kappa shape index (κ1) is 14.7. The summed E-state index contributed by atoms with van der Waals surface area (Å²) in [6, 6.07) is 0. The number of morpholine rings is 1. The second-order valence-electron chi connectivity index (χ2n) is 5.88. The molecule has 1 aromatic heterocycles. The van der Waals surface area contributed by atoms with Gasteiger partial charge in [-0.3, -0.25) is 0 Å². The SMILES string of the molecule is OC1CCCC1CNCc1cnc(N2CCOCC2)nc1. The maximum absolute atomic E-state index is 9.79. The van der Waals surface area contributed by atoms with Gasteiger partial charge in [0.2, 0.25) is 5.95 Å². The molecule has 1 saturated carbocycles. The summed E-state index contributed by atoms with van der Waals surface area (Å²) in [4.78, 5) is 11.0. The van der Waals surface area contributed by atoms with E-state index in [4.69, 9.17) is 4.74 Å². The molecule has 2 unspecified atom stereocenters. The Morgan fingerprint density at radius 1 is 1.24 bits per heavy atom. The molecule has 3 rings (SSSR count). The van der Waals surface area contributed by atoms with Crippen molar-refractivity contribution in [2.24, 2.45) is 5.92 Å². The van der Waals surface area contributed by atoms with Crippen LogP contribution in [0.3, 0.4) is 0 Å². The standard InChI is InChI=1S/C15H24N4O2/c20-14-3-1-2-13(14)11-16-8-12-9-17-15(18-10-12)19-4-6-21-7-5-19/h9-10,13-14,16,20H,1-8,11H2. The molecule has 1 aromatic rings. The third kappa shape index (κ3) is 3.90. The van der Waals surface area contributed by atoms with Gasteiger partial charge in [-0.05, 0) is 18.8 Å². The van der Waals surface area contributed by atoms with Gasteiger partial charge in [-0.15, -0.1) is 0 Å². The van der Waals surface area contributed by atoms with Crippen molar-refractivity contribution in [2.75, 3.05) is 37.7 Å². The minimum Gasteiger partial charge on any atom is -0.393 e. The Morgan fingerprint density at radius 2 is 2.00 bits per heavy atom. The number of hydrogen-bond acceptors (Lipinski definition) is 6. The Balaban J connectivity index is 1.45. The first-order chi connectivity index (χ1) is 10.3. The van der Waals surface area contributed by atoms with Crippen LogP contribution in [0.5, 0.6) is 0 Å². The molecular weight excluding hydrogens is 268 g/mol. The lowest BCUT2D eigenvalue weighted by Crippen LogP contribution is -2.37. The molecule has 2 aliphatic rings. The van der Waals surface area contributed by atoms with Crippen LogP contribution in [-0.4, -0.2) is 54.0 Å². The highest BCUT2D eigenvalue weighted by atomic mass is 16.5. The van der Waals surface area contributed by atoms with Crippen molar-refractivity contribution in [2.45, 2.75) is 31.9 Å². The first-order valence-electron chi connectivity index (χ1n) is 7.85. The van der Waals surface area contributed by atoms with E-state index < -0.39 is 0 Å². The summed E-state index contributed by atoms with van der Waals surface area (Å²) in [6.07, 6.45) is 6.86. The van der Waals surface area contributed by atoms with Crippen LogP contribution >= 0.6 is 0 Å². The van der Waals surface area contributed by atoms with Crippen molar-refractivity contribution < 1.29 is 9.84 Å². The lowest BCUT2D eigenvalue weighted by Gasteiger charge is -2.26. The number of aromatic nitrogens is 2. The molecule has 116 valence electrons. The zero-order chi connectivity index (χ0) is 14.5. The zero-order valence-electron chi connectivity index (χ0n) is 12.4. The zero-order valence-corrected chi connectivity index (χ0v) is 12.4. The molecule has 2 heterocycles. The quantitative estimate of drug-likeness (QED) is 0.826. The lowest BCUT2D eigenvalue weighted by molar-refractivity contribution is 0.122. The van der Waals surface area contributed by atoms with Crippen LogP contribution < -0.4 is 10.2 Å². The van der Waals surface area contributed by atoms with Gasteiger partial charge in [0.1, 0.15) is 0 Å². The molecule has 2 fully saturated rings. The smallest absolute Gasteiger partial charge is 0.225 e. The third-order valence-electron chi connectivity index (χ3n) is 4.34. The van der Waals surface area contributed by atoms with Gasteiger partial charge in [0.25, 0.3) is 0 Å². The topological polar surface area (TPSA) is 70.5 Å². The average molecular weight is 292 g/mol. The van der Waals surface area contributed by atoms with Crippen LogP contribution in [0.1, 0.15) is 24.8 Å². The summed E-state index contributed by atoms with van der Waals surface area (Å²) in [5.41, 5.74) is 1.08. The molecular formula is C15H24N4O2. The fraction of sp³-hybridized carbons (Fsp3) is 0.733. The highest BCUT2D eigenvalue weighted by molar-refractivity contribution is 5.30. The van der Waals surface area contributed by atoms with E-state index in [1.807, 2.05) is 12.4 Å². The normalized spacial score (nSPS) is 26.2. The summed E-state index contributed by atoms with van der Waals surface area (Å²) in [7, 11) is 0. The first-order valence-corrected chi connectivity index (χ1v) is 7.85. The summed E-state index contributed by atoms with van der Waals surface area (Å²) in [5, 5.41) is 13.2. The summed E-state index contributed by atoms with van der Waals surface area (Å²) in [6.45, 7) is 4.83. The largest absolute Gasteiger partial charge is 0.393 e. The number of hydrogen-bond donors (Lipinski definition) is 2. The van der Waals surface area contributed by atoms with Crippen LogP contribution in [-0.2, 0) is 11.3 Å². The summed E-state index contributed by atoms with van der Waals surface area (Å²) in [5.74, 6) is 1.19. The van der Waals surface area contributed by atoms with E-state index in [0.29, 0.717) is 5.92 Å². The molecule has 0 aromatic carbocycles. The van der Waals surface area contributed by atoms with Gasteiger partial charge in [-0.1, -0.05) is 6.42 Å². The second kappa shape index (κ2) is 7.15. The van der Waals surface area contributed by atoms with Crippen molar-refractivity contribution in [3.63, 3.8) is 0 Å². The predicted octanol–water partition coefficient (Wildman–Crippen LogP) is 0.564. The Kier molecular flexibility index (Phi) is 5.00. The van der Waals surface area contributed by atoms with Gasteiger partial charge in [0, 0.05) is 44.1 Å². The molecule has 2 atom stereocenters. The number of aliphatic hydroxyl groups excluding tert-OH is 1. The molecule has 1 aliphatic carbocycles. The van der Waals surface area contributed by atoms with Crippen LogP contribution in [0.15, 0.2) is 12.4 Å². The number of aliphatic hydroxyl groups is 1. The van der Waals surface area contributed by atoms with Crippen LogP contribution in [0, 0.1) is 5.92 Å². The van der Waals surface area contributed by atoms with E-state index >= 15 is 0 Å². The Morgan fingerprint density at radius 3 is 2.67 bits per heavy atom. The second-order valence-corrected chi connectivity index (χ2v) is 5.88. The fourth-order valence-electron chi connectivity index (χ4n) is 3.02. The minimum atomic E-state index is -0.127. The Hall–Kier alpha value is -1.24. The number of rotatable bonds is 5. The predicted molar refractivity (Wildman–Crippen MR) is 80.1 cm³/mol. The van der Waals surface area contributed by atoms with Gasteiger partial charge >= 0.3 is 0 Å². The molecule has 1 saturated heterocycles. The van der Waals surface area contributed by atoms with Crippen molar-refractivity contribution in [3.05, 3.63) is 18.0 Å². The van der Waals surface area contributed by atoms with Gasteiger partial charge in [-0.25, -0.2) is 9.97 Å². The van der Waals surface area contributed by atoms with Gasteiger partial charge in [0.15, 0.2) is 0 Å². The molecule has 21 heavy (non-hydrogen) atoms. The van der Waals surface area contributed by atoms with E-state index in [-0.39, 0.29) is 6.10 Å². The molecule has 0 bridgehead atoms. The Bertz CT molecular complexity index is 434. The van der Waals surface area contributed by atoms with E-state index in [9.17, 15) is 5.11 Å². The number of nitrogens with zero attached hydrogens (tertiary/aromatic N) is 3. The number of nitrogens with one attached hydrogen (secondary N) is 1. The molecule has 0 amide bonds. The maximum Gasteiger partial charge on any atom is 0.225 e. The van der Waals surface area contributed by atoms with Crippen LogP contribution in [0.25, 0.3) is 0 Å². The lowest BCUT2D eigenvalue weighted by atomic mass is 10.1. The molecule has 0 spiro atoms. The maximum atomic E-state index is 9.79. The van der Waals surface area contributed by atoms with E-state index in [1.165, 1.54) is 0 Å². The molecule has 6 heteroatoms. The monoisotopic (exact) mass is 292 g/mol. The third-order valence-corrected chi connectivity index (χ3v) is 4.34. The molecule has 2 N–H and O–H groups in total. The van der Waals surface area contributed by atoms with E-state index in [1.54, 1.807) is 0 Å². The van der Waals surface area contributed by atoms with Crippen molar-refractivity contribution in [3.8, 4) is 0 Å². The van der Waals surface area contributed by atoms with E-state index in [0.717, 1.165) is 70.2 Å². The summed E-state index contributed by atoms with van der Waals surface area (Å²) >= 11 is 0. The fourth-order valence-corrected chi connectivity index (χ4v) is 3.02.